The van der Waals surface area contributed by atoms with Gasteiger partial charge in [-0.2, -0.15) is 0 Å². The number of likely N-dealkylation sites (tertiary alicyclic amines) is 1. The van der Waals surface area contributed by atoms with E-state index in [1.54, 1.807) is 0 Å². The zero-order valence-corrected chi connectivity index (χ0v) is 18.3. The standard InChI is InChI=1S/C20H30N2O5S2/c23-15(12-27-16-4-2-1-3-5-16)8-6-14-7-9-18(24)22(14)10-11-28-20-21-17(13-29-20)19(25)26/h13-16,23H,1-12H2,(H,25,26)/t14-,15+/m0/s1. The molecule has 0 spiro atoms. The fourth-order valence-electron chi connectivity index (χ4n) is 4.00. The highest BCUT2D eigenvalue weighted by Crippen LogP contribution is 2.27. The van der Waals surface area contributed by atoms with Gasteiger partial charge in [-0.25, -0.2) is 9.78 Å². The SMILES string of the molecule is O=C(O)c1csc(SCCN2C(=O)CC[C@@H]2CC[C@@H](O)COC2CCCCC2)n1. The predicted octanol–water partition coefficient (Wildman–Crippen LogP) is 3.41. The van der Waals surface area contributed by atoms with Crippen LogP contribution in [0.5, 0.6) is 0 Å². The number of ether oxygens (including phenoxy) is 1. The molecule has 1 aliphatic carbocycles. The monoisotopic (exact) mass is 442 g/mol. The van der Waals surface area contributed by atoms with E-state index < -0.39 is 12.1 Å². The van der Waals surface area contributed by atoms with E-state index in [0.29, 0.717) is 42.2 Å². The van der Waals surface area contributed by atoms with Crippen LogP contribution >= 0.6 is 23.1 Å². The van der Waals surface area contributed by atoms with Crippen LogP contribution in [0.3, 0.4) is 0 Å². The first-order valence-corrected chi connectivity index (χ1v) is 12.3. The summed E-state index contributed by atoms with van der Waals surface area (Å²) in [7, 11) is 0. The smallest absolute Gasteiger partial charge is 0.355 e. The van der Waals surface area contributed by atoms with Crippen molar-refractivity contribution in [2.45, 2.75) is 80.4 Å². The van der Waals surface area contributed by atoms with E-state index in [2.05, 4.69) is 4.98 Å². The number of carboxylic acid groups (broad SMARTS) is 1. The molecule has 162 valence electrons. The first kappa shape index (κ1) is 22.5. The number of hydrogen-bond acceptors (Lipinski definition) is 7. The van der Waals surface area contributed by atoms with E-state index in [1.165, 1.54) is 47.7 Å². The van der Waals surface area contributed by atoms with Crippen LogP contribution in [0.25, 0.3) is 0 Å². The second-order valence-corrected chi connectivity index (χ2v) is 9.96. The van der Waals surface area contributed by atoms with Gasteiger partial charge in [-0.15, -0.1) is 11.3 Å². The Labute approximate surface area is 179 Å². The van der Waals surface area contributed by atoms with Crippen LogP contribution in [0.4, 0.5) is 0 Å². The number of carboxylic acids is 1. The van der Waals surface area contributed by atoms with Crippen LogP contribution in [-0.2, 0) is 9.53 Å². The summed E-state index contributed by atoms with van der Waals surface area (Å²) < 4.78 is 6.57. The molecule has 1 saturated heterocycles. The molecule has 0 bridgehead atoms. The average Bonchev–Trinajstić information content (AvgIpc) is 3.33. The van der Waals surface area contributed by atoms with Crippen LogP contribution in [-0.4, -0.2) is 69.1 Å². The van der Waals surface area contributed by atoms with Crippen LogP contribution < -0.4 is 0 Å². The second-order valence-electron chi connectivity index (χ2n) is 7.76. The number of thioether (sulfide) groups is 1. The van der Waals surface area contributed by atoms with E-state index in [1.807, 2.05) is 4.90 Å². The number of aliphatic hydroxyl groups excluding tert-OH is 1. The molecule has 2 atom stereocenters. The van der Waals surface area contributed by atoms with Crippen molar-refractivity contribution in [3.8, 4) is 0 Å². The summed E-state index contributed by atoms with van der Waals surface area (Å²) in [6.45, 7) is 1.00. The number of hydrogen-bond donors (Lipinski definition) is 2. The second kappa shape index (κ2) is 11.3. The van der Waals surface area contributed by atoms with Crippen LogP contribution in [0.2, 0.25) is 0 Å². The first-order valence-electron chi connectivity index (χ1n) is 10.4. The van der Waals surface area contributed by atoms with Gasteiger partial charge in [-0.05, 0) is 32.1 Å². The average molecular weight is 443 g/mol. The molecular weight excluding hydrogens is 412 g/mol. The lowest BCUT2D eigenvalue weighted by Crippen LogP contribution is -2.35. The maximum absolute atomic E-state index is 12.2. The van der Waals surface area contributed by atoms with Gasteiger partial charge in [-0.1, -0.05) is 31.0 Å². The number of thiazole rings is 1. The van der Waals surface area contributed by atoms with E-state index in [-0.39, 0.29) is 17.6 Å². The molecule has 3 rings (SSSR count). The fraction of sp³-hybridized carbons (Fsp3) is 0.750. The minimum Gasteiger partial charge on any atom is -0.476 e. The van der Waals surface area contributed by atoms with Gasteiger partial charge in [0.1, 0.15) is 0 Å². The van der Waals surface area contributed by atoms with Crippen LogP contribution in [0.1, 0.15) is 68.3 Å². The molecule has 2 N–H and O–H groups in total. The fourth-order valence-corrected chi connectivity index (χ4v) is 5.81. The molecule has 1 aliphatic heterocycles. The van der Waals surface area contributed by atoms with Crippen LogP contribution in [0, 0.1) is 0 Å². The van der Waals surface area contributed by atoms with E-state index in [0.717, 1.165) is 25.7 Å². The number of aromatic nitrogens is 1. The molecule has 2 fully saturated rings. The van der Waals surface area contributed by atoms with Crippen molar-refractivity contribution in [1.29, 1.82) is 0 Å². The summed E-state index contributed by atoms with van der Waals surface area (Å²) in [5.41, 5.74) is 0.0667. The third-order valence-corrected chi connectivity index (χ3v) is 7.62. The maximum Gasteiger partial charge on any atom is 0.355 e. The maximum atomic E-state index is 12.2. The summed E-state index contributed by atoms with van der Waals surface area (Å²) >= 11 is 2.79. The highest BCUT2D eigenvalue weighted by Gasteiger charge is 2.30. The molecule has 0 aromatic carbocycles. The molecule has 9 heteroatoms. The summed E-state index contributed by atoms with van der Waals surface area (Å²) in [4.78, 5) is 29.1. The Kier molecular flexibility index (Phi) is 8.77. The largest absolute Gasteiger partial charge is 0.476 e. The highest BCUT2D eigenvalue weighted by atomic mass is 32.2. The lowest BCUT2D eigenvalue weighted by atomic mass is 9.98. The lowest BCUT2D eigenvalue weighted by Gasteiger charge is -2.26. The number of amides is 1. The van der Waals surface area contributed by atoms with Gasteiger partial charge in [0.05, 0.1) is 18.8 Å². The Morgan fingerprint density at radius 1 is 1.34 bits per heavy atom. The zero-order valence-electron chi connectivity index (χ0n) is 16.6. The summed E-state index contributed by atoms with van der Waals surface area (Å²) in [5.74, 6) is -0.176. The molecule has 7 nitrogen and oxygen atoms in total. The number of carbonyl (C=O) groups is 2. The number of carbonyl (C=O) groups excluding carboxylic acids is 1. The van der Waals surface area contributed by atoms with Gasteiger partial charge in [0, 0.05) is 30.1 Å². The number of aliphatic hydroxyl groups is 1. The van der Waals surface area contributed by atoms with Crippen molar-refractivity contribution in [1.82, 2.24) is 9.88 Å². The molecule has 1 amide bonds. The Balaban J connectivity index is 1.36. The van der Waals surface area contributed by atoms with Crippen molar-refractivity contribution in [2.24, 2.45) is 0 Å². The first-order chi connectivity index (χ1) is 14.0. The third-order valence-electron chi connectivity index (χ3n) is 5.62. The summed E-state index contributed by atoms with van der Waals surface area (Å²) in [5, 5.41) is 20.7. The molecule has 0 unspecified atom stereocenters. The molecule has 1 aromatic rings. The van der Waals surface area contributed by atoms with E-state index >= 15 is 0 Å². The number of rotatable bonds is 11. The molecule has 2 aliphatic rings. The Hall–Kier alpha value is -1.16. The molecular formula is C20H30N2O5S2. The number of nitrogens with zero attached hydrogens (tertiary/aromatic N) is 2. The summed E-state index contributed by atoms with van der Waals surface area (Å²) in [6.07, 6.45) is 8.56. The Morgan fingerprint density at radius 3 is 2.86 bits per heavy atom. The number of aromatic carboxylic acids is 1. The van der Waals surface area contributed by atoms with Crippen molar-refractivity contribution >= 4 is 35.0 Å². The van der Waals surface area contributed by atoms with Gasteiger partial charge in [0.15, 0.2) is 10.0 Å². The van der Waals surface area contributed by atoms with E-state index in [9.17, 15) is 14.7 Å². The Morgan fingerprint density at radius 2 is 2.14 bits per heavy atom. The van der Waals surface area contributed by atoms with Gasteiger partial charge < -0.3 is 19.8 Å². The van der Waals surface area contributed by atoms with Gasteiger partial charge in [0.2, 0.25) is 5.91 Å². The van der Waals surface area contributed by atoms with Gasteiger partial charge >= 0.3 is 5.97 Å². The van der Waals surface area contributed by atoms with Crippen molar-refractivity contribution in [3.05, 3.63) is 11.1 Å². The molecule has 2 heterocycles. The quantitative estimate of drug-likeness (QED) is 0.507. The van der Waals surface area contributed by atoms with Gasteiger partial charge in [0.25, 0.3) is 0 Å². The van der Waals surface area contributed by atoms with Crippen LogP contribution in [0.15, 0.2) is 9.72 Å². The normalized spacial score (nSPS) is 21.6. The predicted molar refractivity (Wildman–Crippen MR) is 113 cm³/mol. The molecule has 1 saturated carbocycles. The third kappa shape index (κ3) is 6.94. The molecule has 29 heavy (non-hydrogen) atoms. The highest BCUT2D eigenvalue weighted by molar-refractivity contribution is 8.01. The van der Waals surface area contributed by atoms with Gasteiger partial charge in [-0.3, -0.25) is 4.79 Å². The zero-order chi connectivity index (χ0) is 20.6. The van der Waals surface area contributed by atoms with Crippen molar-refractivity contribution in [3.63, 3.8) is 0 Å². The topological polar surface area (TPSA) is 100.0 Å². The Bertz CT molecular complexity index is 678. The van der Waals surface area contributed by atoms with E-state index in [4.69, 9.17) is 9.84 Å². The minimum atomic E-state index is -1.02. The van der Waals surface area contributed by atoms with Crippen molar-refractivity contribution < 1.29 is 24.5 Å². The van der Waals surface area contributed by atoms with Crippen molar-refractivity contribution in [2.75, 3.05) is 18.9 Å². The lowest BCUT2D eigenvalue weighted by molar-refractivity contribution is -0.128. The summed E-state index contributed by atoms with van der Waals surface area (Å²) in [6, 6.07) is 0.165. The molecule has 1 aromatic heterocycles. The molecule has 0 radical (unpaired) electrons. The minimum absolute atomic E-state index is 0.0667.